The molecule has 4 aromatic carbocycles. The molecule has 0 bridgehead atoms. The first-order valence-electron chi connectivity index (χ1n) is 11.7. The summed E-state index contributed by atoms with van der Waals surface area (Å²) >= 11 is 0. The minimum Gasteiger partial charge on any atom is -0.381 e. The second kappa shape index (κ2) is 13.4. The molecule has 0 fully saturated rings. The number of benzene rings is 4. The van der Waals surface area contributed by atoms with E-state index in [2.05, 4.69) is 121 Å². The topological polar surface area (TPSA) is 9.23 Å². The van der Waals surface area contributed by atoms with Gasteiger partial charge in [0.1, 0.15) is 0 Å². The maximum absolute atomic E-state index is 6.10. The van der Waals surface area contributed by atoms with Crippen LogP contribution in [0.1, 0.15) is 12.8 Å². The molecule has 0 unspecified atom stereocenters. The van der Waals surface area contributed by atoms with Crippen molar-refractivity contribution < 1.29 is 4.74 Å². The predicted octanol–water partition coefficient (Wildman–Crippen LogP) is 6.05. The second-order valence-corrected chi connectivity index (χ2v) is 12.6. The quantitative estimate of drug-likeness (QED) is 0.181. The summed E-state index contributed by atoms with van der Waals surface area (Å²) in [6.45, 7) is 1.68. The minimum absolute atomic E-state index is 0.323. The molecular formula is C30H32OP2. The smallest absolute Gasteiger partial charge is 0.0469 e. The SMILES string of the molecule is c1ccc(P(CCCOCCCP(c2ccccc2)c2ccccc2)c2ccccc2)cc1. The molecule has 0 atom stereocenters. The lowest BCUT2D eigenvalue weighted by molar-refractivity contribution is 0.136. The zero-order valence-electron chi connectivity index (χ0n) is 19.1. The van der Waals surface area contributed by atoms with Gasteiger partial charge in [0.2, 0.25) is 0 Å². The molecule has 0 saturated heterocycles. The Hall–Kier alpha value is -2.30. The van der Waals surface area contributed by atoms with Crippen molar-refractivity contribution >= 4 is 37.1 Å². The van der Waals surface area contributed by atoms with Crippen LogP contribution in [0.25, 0.3) is 0 Å². The van der Waals surface area contributed by atoms with Crippen molar-refractivity contribution in [3.8, 4) is 0 Å². The van der Waals surface area contributed by atoms with Crippen molar-refractivity contribution in [3.63, 3.8) is 0 Å². The van der Waals surface area contributed by atoms with Gasteiger partial charge >= 0.3 is 0 Å². The first-order chi connectivity index (χ1) is 16.4. The summed E-state index contributed by atoms with van der Waals surface area (Å²) in [6, 6.07) is 43.8. The highest BCUT2D eigenvalue weighted by molar-refractivity contribution is 7.73. The summed E-state index contributed by atoms with van der Waals surface area (Å²) < 4.78 is 6.10. The first kappa shape index (κ1) is 23.8. The molecule has 0 aliphatic carbocycles. The Labute approximate surface area is 201 Å². The van der Waals surface area contributed by atoms with Crippen LogP contribution >= 0.6 is 15.8 Å². The van der Waals surface area contributed by atoms with Gasteiger partial charge in [-0.25, -0.2) is 0 Å². The van der Waals surface area contributed by atoms with E-state index in [0.717, 1.165) is 26.1 Å². The summed E-state index contributed by atoms with van der Waals surface area (Å²) in [5.74, 6) is 0. The maximum atomic E-state index is 6.10. The van der Waals surface area contributed by atoms with Crippen molar-refractivity contribution in [2.24, 2.45) is 0 Å². The van der Waals surface area contributed by atoms with E-state index in [4.69, 9.17) is 4.74 Å². The van der Waals surface area contributed by atoms with Gasteiger partial charge in [-0.3, -0.25) is 0 Å². The molecule has 3 heteroatoms. The van der Waals surface area contributed by atoms with E-state index in [1.165, 1.54) is 33.5 Å². The zero-order chi connectivity index (χ0) is 22.6. The molecule has 0 heterocycles. The van der Waals surface area contributed by atoms with E-state index in [9.17, 15) is 0 Å². The number of rotatable bonds is 12. The summed E-state index contributed by atoms with van der Waals surface area (Å²) in [4.78, 5) is 0. The van der Waals surface area contributed by atoms with Gasteiger partial charge in [-0.15, -0.1) is 0 Å². The molecule has 0 aliphatic heterocycles. The van der Waals surface area contributed by atoms with E-state index in [1.807, 2.05) is 0 Å². The highest BCUT2D eigenvalue weighted by atomic mass is 31.1. The highest BCUT2D eigenvalue weighted by Gasteiger charge is 2.14. The van der Waals surface area contributed by atoms with Gasteiger partial charge in [-0.2, -0.15) is 0 Å². The van der Waals surface area contributed by atoms with Crippen molar-refractivity contribution in [1.82, 2.24) is 0 Å². The summed E-state index contributed by atoms with van der Waals surface area (Å²) in [5, 5.41) is 5.82. The molecule has 0 aromatic heterocycles. The van der Waals surface area contributed by atoms with Crippen LogP contribution in [-0.4, -0.2) is 25.5 Å². The Morgan fingerprint density at radius 3 is 0.939 bits per heavy atom. The average molecular weight is 471 g/mol. The number of hydrogen-bond donors (Lipinski definition) is 0. The van der Waals surface area contributed by atoms with Crippen molar-refractivity contribution in [1.29, 1.82) is 0 Å². The van der Waals surface area contributed by atoms with Crippen LogP contribution in [-0.2, 0) is 4.74 Å². The standard InChI is InChI=1S/C30H32OP2/c1-5-15-27(16-6-1)32(28-17-7-2-8-18-28)25-13-23-31-24-14-26-33(29-19-9-3-10-20-29)30-21-11-4-12-22-30/h1-12,15-22H,13-14,23-26H2. The summed E-state index contributed by atoms with van der Waals surface area (Å²) in [5.41, 5.74) is 0. The Balaban J connectivity index is 1.25. The Bertz CT molecular complexity index is 874. The Morgan fingerprint density at radius 2 is 0.667 bits per heavy atom. The van der Waals surface area contributed by atoms with Gasteiger partial charge in [-0.1, -0.05) is 121 Å². The van der Waals surface area contributed by atoms with Gasteiger partial charge in [0.25, 0.3) is 0 Å². The lowest BCUT2D eigenvalue weighted by Crippen LogP contribution is -2.15. The molecule has 0 aliphatic rings. The van der Waals surface area contributed by atoms with Crippen LogP contribution in [0.4, 0.5) is 0 Å². The largest absolute Gasteiger partial charge is 0.381 e. The van der Waals surface area contributed by atoms with Crippen molar-refractivity contribution in [2.75, 3.05) is 25.5 Å². The van der Waals surface area contributed by atoms with Crippen LogP contribution in [0.3, 0.4) is 0 Å². The third kappa shape index (κ3) is 7.35. The number of ether oxygens (including phenoxy) is 1. The third-order valence-corrected chi connectivity index (χ3v) is 10.8. The zero-order valence-corrected chi connectivity index (χ0v) is 20.9. The van der Waals surface area contributed by atoms with Crippen molar-refractivity contribution in [3.05, 3.63) is 121 Å². The van der Waals surface area contributed by atoms with E-state index in [0.29, 0.717) is 0 Å². The predicted molar refractivity (Wildman–Crippen MR) is 148 cm³/mol. The molecule has 0 radical (unpaired) electrons. The highest BCUT2D eigenvalue weighted by Crippen LogP contribution is 2.35. The van der Waals surface area contributed by atoms with Gasteiger partial charge in [0.15, 0.2) is 0 Å². The Kier molecular flexibility index (Phi) is 9.69. The van der Waals surface area contributed by atoms with Gasteiger partial charge in [0.05, 0.1) is 0 Å². The van der Waals surface area contributed by atoms with Crippen LogP contribution in [0.2, 0.25) is 0 Å². The molecule has 168 valence electrons. The fourth-order valence-corrected chi connectivity index (χ4v) is 8.65. The monoisotopic (exact) mass is 470 g/mol. The lowest BCUT2D eigenvalue weighted by Gasteiger charge is -2.19. The number of hydrogen-bond acceptors (Lipinski definition) is 1. The molecule has 0 spiro atoms. The lowest BCUT2D eigenvalue weighted by atomic mass is 10.4. The molecule has 0 saturated carbocycles. The minimum atomic E-state index is -0.323. The molecule has 0 amide bonds. The first-order valence-corrected chi connectivity index (χ1v) is 14.8. The molecule has 33 heavy (non-hydrogen) atoms. The normalized spacial score (nSPS) is 11.2. The van der Waals surface area contributed by atoms with Crippen LogP contribution < -0.4 is 21.2 Å². The second-order valence-electron chi connectivity index (χ2n) is 7.96. The molecule has 4 aromatic rings. The summed E-state index contributed by atoms with van der Waals surface area (Å²) in [7, 11) is -0.646. The van der Waals surface area contributed by atoms with Crippen LogP contribution in [0.5, 0.6) is 0 Å². The van der Waals surface area contributed by atoms with Gasteiger partial charge < -0.3 is 4.74 Å². The molecule has 1 nitrogen and oxygen atoms in total. The van der Waals surface area contributed by atoms with Crippen LogP contribution in [0.15, 0.2) is 121 Å². The fraction of sp³-hybridized carbons (Fsp3) is 0.200. The maximum Gasteiger partial charge on any atom is 0.0469 e. The average Bonchev–Trinajstić information content (AvgIpc) is 2.90. The molecule has 4 rings (SSSR count). The van der Waals surface area contributed by atoms with Gasteiger partial charge in [0, 0.05) is 13.2 Å². The fourth-order valence-electron chi connectivity index (χ4n) is 4.00. The van der Waals surface area contributed by atoms with Crippen LogP contribution in [0, 0.1) is 0 Å². The van der Waals surface area contributed by atoms with E-state index in [1.54, 1.807) is 0 Å². The Morgan fingerprint density at radius 1 is 0.394 bits per heavy atom. The third-order valence-electron chi connectivity index (χ3n) is 5.61. The molecular weight excluding hydrogens is 438 g/mol. The van der Waals surface area contributed by atoms with E-state index >= 15 is 0 Å². The van der Waals surface area contributed by atoms with E-state index in [-0.39, 0.29) is 15.8 Å². The summed E-state index contributed by atoms with van der Waals surface area (Å²) in [6.07, 6.45) is 4.54. The van der Waals surface area contributed by atoms with Crippen molar-refractivity contribution in [2.45, 2.75) is 12.8 Å². The van der Waals surface area contributed by atoms with Gasteiger partial charge in [-0.05, 0) is 62.2 Å². The molecule has 0 N–H and O–H groups in total. The van der Waals surface area contributed by atoms with E-state index < -0.39 is 0 Å².